The first-order valence-electron chi connectivity index (χ1n) is 12.7. The van der Waals surface area contributed by atoms with E-state index in [9.17, 15) is 0 Å². The Labute approximate surface area is 222 Å². The fourth-order valence-electron chi connectivity index (χ4n) is 3.46. The van der Waals surface area contributed by atoms with Gasteiger partial charge < -0.3 is 11.5 Å². The van der Waals surface area contributed by atoms with E-state index in [-0.39, 0.29) is 18.2 Å². The molecule has 1 aromatic carbocycles. The molecule has 4 N–H and O–H groups in total. The van der Waals surface area contributed by atoms with Crippen molar-refractivity contribution < 1.29 is 0 Å². The lowest BCUT2D eigenvalue weighted by molar-refractivity contribution is 0.538. The van der Waals surface area contributed by atoms with Crippen LogP contribution in [-0.2, 0) is 0 Å². The van der Waals surface area contributed by atoms with E-state index in [1.807, 2.05) is 30.3 Å². The lowest BCUT2D eigenvalue weighted by Crippen LogP contribution is -1.95. The maximum atomic E-state index is 5.64. The van der Waals surface area contributed by atoms with Crippen LogP contribution >= 0.6 is 28.3 Å². The van der Waals surface area contributed by atoms with Crippen LogP contribution in [0.2, 0.25) is 0 Å². The van der Waals surface area contributed by atoms with E-state index < -0.39 is 0 Å². The maximum Gasteiger partial charge on any atom is 0.153 e. The number of nitrogen functional groups attached to an aromatic ring is 2. The van der Waals surface area contributed by atoms with Gasteiger partial charge in [-0.15, -0.1) is 17.5 Å². The van der Waals surface area contributed by atoms with E-state index in [0.717, 1.165) is 5.69 Å². The number of halogens is 2. The number of hydrogen-bond acceptors (Lipinski definition) is 5. The van der Waals surface area contributed by atoms with Gasteiger partial charge in [0.15, 0.2) is 5.82 Å². The van der Waals surface area contributed by atoms with Crippen LogP contribution in [0.15, 0.2) is 52.7 Å². The molecule has 192 valence electrons. The number of benzene rings is 1. The van der Waals surface area contributed by atoms with E-state index in [2.05, 4.69) is 38.1 Å². The van der Waals surface area contributed by atoms with Gasteiger partial charge in [-0.1, -0.05) is 125 Å². The molecule has 0 aliphatic carbocycles. The summed E-state index contributed by atoms with van der Waals surface area (Å²) >= 11 is 3.48. The average molecular weight is 555 g/mol. The Morgan fingerprint density at radius 2 is 1.18 bits per heavy atom. The van der Waals surface area contributed by atoms with Crippen LogP contribution in [0.5, 0.6) is 0 Å². The number of anilines is 2. The van der Waals surface area contributed by atoms with Gasteiger partial charge in [0.1, 0.15) is 11.5 Å². The summed E-state index contributed by atoms with van der Waals surface area (Å²) in [7, 11) is 0. The Kier molecular flexibility index (Phi) is 22.0. The van der Waals surface area contributed by atoms with Gasteiger partial charge in [0.25, 0.3) is 0 Å². The molecular weight excluding hydrogens is 510 g/mol. The molecule has 5 nitrogen and oxygen atoms in total. The molecule has 7 heteroatoms. The minimum atomic E-state index is 0. The highest BCUT2D eigenvalue weighted by Crippen LogP contribution is 2.23. The van der Waals surface area contributed by atoms with Crippen molar-refractivity contribution in [3.8, 4) is 0 Å². The van der Waals surface area contributed by atoms with Gasteiger partial charge in [0, 0.05) is 5.33 Å². The van der Waals surface area contributed by atoms with Crippen molar-refractivity contribution in [2.75, 3.05) is 16.8 Å². The molecule has 0 amide bonds. The predicted molar refractivity (Wildman–Crippen MR) is 155 cm³/mol. The lowest BCUT2D eigenvalue weighted by atomic mass is 10.0. The number of rotatable bonds is 16. The number of unbranched alkanes of at least 4 members (excludes halogenated alkanes) is 13. The molecule has 0 aliphatic heterocycles. The molecule has 0 saturated carbocycles. The zero-order chi connectivity index (χ0) is 24.0. The Morgan fingerprint density at radius 3 is 1.65 bits per heavy atom. The zero-order valence-corrected chi connectivity index (χ0v) is 23.3. The number of azo groups is 1. The third-order valence-corrected chi connectivity index (χ3v) is 6.00. The van der Waals surface area contributed by atoms with E-state index in [1.54, 1.807) is 12.1 Å². The first kappa shape index (κ1) is 32.3. The lowest BCUT2D eigenvalue weighted by Gasteiger charge is -2.02. The van der Waals surface area contributed by atoms with Gasteiger partial charge >= 0.3 is 0 Å². The number of nitrogens with zero attached hydrogens (tertiary/aromatic N) is 3. The summed E-state index contributed by atoms with van der Waals surface area (Å²) in [6.07, 6.45) is 20.3. The molecule has 0 fully saturated rings. The minimum absolute atomic E-state index is 0. The van der Waals surface area contributed by atoms with Crippen LogP contribution in [0.3, 0.4) is 0 Å². The number of hydrogen-bond donors (Lipinski definition) is 2. The van der Waals surface area contributed by atoms with Crippen molar-refractivity contribution in [3.05, 3.63) is 42.5 Å². The van der Waals surface area contributed by atoms with E-state index in [0.29, 0.717) is 11.5 Å². The Hall–Kier alpha value is -1.66. The molecule has 2 aromatic rings. The molecule has 0 spiro atoms. The summed E-state index contributed by atoms with van der Waals surface area (Å²) in [5, 5.41) is 9.22. The first-order valence-corrected chi connectivity index (χ1v) is 13.8. The van der Waals surface area contributed by atoms with Gasteiger partial charge in [-0.25, -0.2) is 4.98 Å². The van der Waals surface area contributed by atoms with Crippen LogP contribution in [0.25, 0.3) is 0 Å². The Morgan fingerprint density at radius 1 is 0.676 bits per heavy atom. The van der Waals surface area contributed by atoms with Crippen molar-refractivity contribution in [1.82, 2.24) is 4.98 Å². The average Bonchev–Trinajstić information content (AvgIpc) is 2.83. The van der Waals surface area contributed by atoms with Crippen LogP contribution in [-0.4, -0.2) is 10.3 Å². The summed E-state index contributed by atoms with van der Waals surface area (Å²) in [5.41, 5.74) is 12.4. The van der Waals surface area contributed by atoms with Crippen LogP contribution < -0.4 is 11.5 Å². The maximum absolute atomic E-state index is 5.64. The molecule has 0 radical (unpaired) electrons. The van der Waals surface area contributed by atoms with Crippen molar-refractivity contribution >= 4 is 51.3 Å². The normalized spacial score (nSPS) is 10.5. The topological polar surface area (TPSA) is 89.6 Å². The van der Waals surface area contributed by atoms with Crippen molar-refractivity contribution in [3.63, 3.8) is 0 Å². The molecule has 1 aromatic heterocycles. The van der Waals surface area contributed by atoms with Crippen molar-refractivity contribution in [2.45, 2.75) is 96.8 Å². The third-order valence-electron chi connectivity index (χ3n) is 5.44. The minimum Gasteiger partial charge on any atom is -0.384 e. The summed E-state index contributed by atoms with van der Waals surface area (Å²) in [6, 6.07) is 12.7. The second-order valence-electron chi connectivity index (χ2n) is 8.46. The fraction of sp³-hybridized carbons (Fsp3) is 0.593. The third kappa shape index (κ3) is 17.8. The van der Waals surface area contributed by atoms with Gasteiger partial charge in [0.05, 0.1) is 5.69 Å². The highest BCUT2D eigenvalue weighted by molar-refractivity contribution is 9.09. The van der Waals surface area contributed by atoms with E-state index in [4.69, 9.17) is 11.5 Å². The quantitative estimate of drug-likeness (QED) is 0.123. The monoisotopic (exact) mass is 553 g/mol. The summed E-state index contributed by atoms with van der Waals surface area (Å²) in [5.74, 6) is 0.649. The van der Waals surface area contributed by atoms with Crippen LogP contribution in [0.1, 0.15) is 96.8 Å². The zero-order valence-electron chi connectivity index (χ0n) is 20.9. The second-order valence-corrected chi connectivity index (χ2v) is 9.25. The fourth-order valence-corrected chi connectivity index (χ4v) is 3.86. The molecule has 34 heavy (non-hydrogen) atoms. The van der Waals surface area contributed by atoms with Crippen LogP contribution in [0.4, 0.5) is 23.0 Å². The molecule has 0 unspecified atom stereocenters. The highest BCUT2D eigenvalue weighted by Gasteiger charge is 1.99. The first-order chi connectivity index (χ1) is 16.2. The molecule has 1 heterocycles. The largest absolute Gasteiger partial charge is 0.384 e. The standard InChI is InChI=1S/C16H33Br.C11H11N5.ClH/c1-2-3-4-5-6-7-8-9-10-11-12-13-14-15-16-17;12-10-7-6-9(11(13)14-10)16-15-8-4-2-1-3-5-8;/h2-16H2,1H3;1-7H,(H4,12,13,14);1H. The van der Waals surface area contributed by atoms with Gasteiger partial charge in [-0.2, -0.15) is 5.11 Å². The Bertz CT molecular complexity index is 729. The highest BCUT2D eigenvalue weighted by atomic mass is 79.9. The molecule has 0 bridgehead atoms. The number of alkyl halides is 1. The second kappa shape index (κ2) is 23.1. The molecular formula is C27H45BrClN5. The molecule has 0 atom stereocenters. The SMILES string of the molecule is CCCCCCCCCCCCCCCCBr.Cl.Nc1ccc(N=Nc2ccccc2)c(N)n1. The van der Waals surface area contributed by atoms with Crippen LogP contribution in [0, 0.1) is 0 Å². The number of aromatic nitrogens is 1. The number of nitrogens with two attached hydrogens (primary N) is 2. The number of pyridine rings is 1. The van der Waals surface area contributed by atoms with Gasteiger partial charge in [0.2, 0.25) is 0 Å². The Balaban J connectivity index is 0.000000622. The van der Waals surface area contributed by atoms with E-state index >= 15 is 0 Å². The molecule has 2 rings (SSSR count). The predicted octanol–water partition coefficient (Wildman–Crippen LogP) is 9.95. The summed E-state index contributed by atoms with van der Waals surface area (Å²) in [4.78, 5) is 3.89. The van der Waals surface area contributed by atoms with Crippen molar-refractivity contribution in [1.29, 1.82) is 0 Å². The van der Waals surface area contributed by atoms with Crippen molar-refractivity contribution in [2.24, 2.45) is 10.2 Å². The smallest absolute Gasteiger partial charge is 0.153 e. The molecule has 0 aliphatic rings. The van der Waals surface area contributed by atoms with E-state index in [1.165, 1.54) is 95.2 Å². The van der Waals surface area contributed by atoms with Gasteiger partial charge in [-0.05, 0) is 30.7 Å². The van der Waals surface area contributed by atoms with Gasteiger partial charge in [-0.3, -0.25) is 0 Å². The summed E-state index contributed by atoms with van der Waals surface area (Å²) in [6.45, 7) is 2.29. The summed E-state index contributed by atoms with van der Waals surface area (Å²) < 4.78 is 0. The molecule has 0 saturated heterocycles.